The number of sulfonamides is 1. The first-order chi connectivity index (χ1) is 12.1. The van der Waals surface area contributed by atoms with Crippen LogP contribution in [0.5, 0.6) is 0 Å². The predicted molar refractivity (Wildman–Crippen MR) is 94.8 cm³/mol. The van der Waals surface area contributed by atoms with Gasteiger partial charge in [-0.3, -0.25) is 0 Å². The van der Waals surface area contributed by atoms with Crippen molar-refractivity contribution in [2.75, 3.05) is 13.1 Å². The molecule has 1 aromatic carbocycles. The minimum atomic E-state index is -3.37. The molecule has 1 aliphatic rings. The van der Waals surface area contributed by atoms with Gasteiger partial charge in [0.15, 0.2) is 5.82 Å². The molecule has 3 heterocycles. The normalized spacial score (nSPS) is 17.0. The number of hydrogen-bond acceptors (Lipinski definition) is 6. The summed E-state index contributed by atoms with van der Waals surface area (Å²) in [5.74, 6) is 1.28. The van der Waals surface area contributed by atoms with Crippen LogP contribution in [-0.2, 0) is 10.0 Å². The summed E-state index contributed by atoms with van der Waals surface area (Å²) in [5.41, 5.74) is 0.888. The van der Waals surface area contributed by atoms with Crippen molar-refractivity contribution in [3.63, 3.8) is 0 Å². The zero-order valence-corrected chi connectivity index (χ0v) is 15.0. The molecule has 1 saturated heterocycles. The number of benzene rings is 1. The van der Waals surface area contributed by atoms with Gasteiger partial charge in [-0.25, -0.2) is 8.42 Å². The Morgan fingerprint density at radius 1 is 1.08 bits per heavy atom. The van der Waals surface area contributed by atoms with Crippen LogP contribution in [0, 0.1) is 0 Å². The van der Waals surface area contributed by atoms with Crippen LogP contribution in [-0.4, -0.2) is 36.0 Å². The fourth-order valence-electron chi connectivity index (χ4n) is 2.99. The number of nitrogens with zero attached hydrogens (tertiary/aromatic N) is 3. The van der Waals surface area contributed by atoms with Crippen LogP contribution in [0.4, 0.5) is 0 Å². The third-order valence-electron chi connectivity index (χ3n) is 4.37. The van der Waals surface area contributed by atoms with Crippen molar-refractivity contribution < 1.29 is 12.9 Å². The van der Waals surface area contributed by atoms with Crippen LogP contribution in [0.3, 0.4) is 0 Å². The van der Waals surface area contributed by atoms with Gasteiger partial charge in [0.2, 0.25) is 0 Å². The third-order valence-corrected chi connectivity index (χ3v) is 7.64. The Balaban J connectivity index is 1.45. The molecule has 1 fully saturated rings. The van der Waals surface area contributed by atoms with E-state index in [4.69, 9.17) is 4.52 Å². The van der Waals surface area contributed by atoms with Crippen LogP contribution in [0.25, 0.3) is 11.5 Å². The Bertz CT molecular complexity index is 929. The molecule has 0 bridgehead atoms. The van der Waals surface area contributed by atoms with E-state index < -0.39 is 10.0 Å². The molecule has 1 aliphatic heterocycles. The second-order valence-electron chi connectivity index (χ2n) is 5.93. The van der Waals surface area contributed by atoms with Gasteiger partial charge in [0, 0.05) is 24.6 Å². The van der Waals surface area contributed by atoms with E-state index in [9.17, 15) is 8.42 Å². The van der Waals surface area contributed by atoms with E-state index in [1.54, 1.807) is 21.8 Å². The van der Waals surface area contributed by atoms with Crippen LogP contribution in [0.1, 0.15) is 24.6 Å². The number of hydrogen-bond donors (Lipinski definition) is 0. The Labute approximate surface area is 150 Å². The van der Waals surface area contributed by atoms with Crippen molar-refractivity contribution in [1.29, 1.82) is 0 Å². The summed E-state index contributed by atoms with van der Waals surface area (Å²) in [7, 11) is -3.37. The first-order valence-electron chi connectivity index (χ1n) is 8.07. The molecule has 3 aromatic rings. The van der Waals surface area contributed by atoms with Gasteiger partial charge in [0.1, 0.15) is 4.21 Å². The Kier molecular flexibility index (Phi) is 4.41. The predicted octanol–water partition coefficient (Wildman–Crippen LogP) is 3.37. The van der Waals surface area contributed by atoms with Crippen molar-refractivity contribution in [2.45, 2.75) is 23.0 Å². The zero-order valence-electron chi connectivity index (χ0n) is 13.4. The monoisotopic (exact) mass is 375 g/mol. The van der Waals surface area contributed by atoms with E-state index in [1.165, 1.54) is 11.3 Å². The molecule has 0 N–H and O–H groups in total. The van der Waals surface area contributed by atoms with Crippen molar-refractivity contribution in [2.24, 2.45) is 0 Å². The summed E-state index contributed by atoms with van der Waals surface area (Å²) in [6.07, 6.45) is 1.39. The highest BCUT2D eigenvalue weighted by molar-refractivity contribution is 7.91. The van der Waals surface area contributed by atoms with Crippen molar-refractivity contribution in [3.05, 3.63) is 53.7 Å². The van der Waals surface area contributed by atoms with Gasteiger partial charge < -0.3 is 4.52 Å². The molecule has 0 amide bonds. The summed E-state index contributed by atoms with van der Waals surface area (Å²) in [5, 5.41) is 5.88. The lowest BCUT2D eigenvalue weighted by Gasteiger charge is -2.29. The Morgan fingerprint density at radius 2 is 1.84 bits per heavy atom. The first-order valence-corrected chi connectivity index (χ1v) is 10.4. The van der Waals surface area contributed by atoms with E-state index in [0.29, 0.717) is 41.9 Å². The molecular weight excluding hydrogens is 358 g/mol. The van der Waals surface area contributed by atoms with E-state index in [0.717, 1.165) is 5.56 Å². The lowest BCUT2D eigenvalue weighted by Crippen LogP contribution is -2.37. The van der Waals surface area contributed by atoms with Crippen LogP contribution < -0.4 is 0 Å². The molecule has 130 valence electrons. The standard InChI is InChI=1S/C17H17N3O3S2/c21-25(22,15-7-4-12-24-15)20-10-8-13(9-11-20)16-18-17(23-19-16)14-5-2-1-3-6-14/h1-7,12-13H,8-11H2. The second-order valence-corrected chi connectivity index (χ2v) is 9.05. The highest BCUT2D eigenvalue weighted by Crippen LogP contribution is 2.31. The van der Waals surface area contributed by atoms with Crippen LogP contribution in [0.2, 0.25) is 0 Å². The minimum absolute atomic E-state index is 0.121. The van der Waals surface area contributed by atoms with E-state index in [-0.39, 0.29) is 5.92 Å². The highest BCUT2D eigenvalue weighted by Gasteiger charge is 2.32. The van der Waals surface area contributed by atoms with E-state index in [2.05, 4.69) is 10.1 Å². The summed E-state index contributed by atoms with van der Waals surface area (Å²) in [6.45, 7) is 0.945. The molecule has 0 saturated carbocycles. The molecule has 25 heavy (non-hydrogen) atoms. The fourth-order valence-corrected chi connectivity index (χ4v) is 5.60. The van der Waals surface area contributed by atoms with Crippen molar-refractivity contribution >= 4 is 21.4 Å². The smallest absolute Gasteiger partial charge is 0.257 e. The summed E-state index contributed by atoms with van der Waals surface area (Å²) in [4.78, 5) is 4.50. The first kappa shape index (κ1) is 16.4. The second kappa shape index (κ2) is 6.70. The van der Waals surface area contributed by atoms with Gasteiger partial charge in [0.05, 0.1) is 0 Å². The molecule has 0 radical (unpaired) electrons. The SMILES string of the molecule is O=S(=O)(c1cccs1)N1CCC(c2noc(-c3ccccc3)n2)CC1. The van der Waals surface area contributed by atoms with E-state index >= 15 is 0 Å². The summed E-state index contributed by atoms with van der Waals surface area (Å²) >= 11 is 1.25. The summed E-state index contributed by atoms with van der Waals surface area (Å²) in [6, 6.07) is 13.0. The molecular formula is C17H17N3O3S2. The van der Waals surface area contributed by atoms with Crippen molar-refractivity contribution in [3.8, 4) is 11.5 Å². The largest absolute Gasteiger partial charge is 0.334 e. The molecule has 0 spiro atoms. The molecule has 8 heteroatoms. The quantitative estimate of drug-likeness (QED) is 0.699. The number of thiophene rings is 1. The molecule has 2 aromatic heterocycles. The maximum atomic E-state index is 12.6. The lowest BCUT2D eigenvalue weighted by atomic mass is 9.97. The average molecular weight is 375 g/mol. The number of rotatable bonds is 4. The minimum Gasteiger partial charge on any atom is -0.334 e. The Morgan fingerprint density at radius 3 is 2.52 bits per heavy atom. The number of aromatic nitrogens is 2. The van der Waals surface area contributed by atoms with Crippen LogP contribution in [0.15, 0.2) is 56.6 Å². The van der Waals surface area contributed by atoms with Crippen molar-refractivity contribution in [1.82, 2.24) is 14.4 Å². The molecule has 6 nitrogen and oxygen atoms in total. The van der Waals surface area contributed by atoms with Crippen LogP contribution >= 0.6 is 11.3 Å². The third kappa shape index (κ3) is 3.24. The maximum absolute atomic E-state index is 12.6. The molecule has 0 unspecified atom stereocenters. The van der Waals surface area contributed by atoms with Gasteiger partial charge in [0.25, 0.3) is 15.9 Å². The van der Waals surface area contributed by atoms with Gasteiger partial charge in [-0.1, -0.05) is 29.4 Å². The van der Waals surface area contributed by atoms with E-state index in [1.807, 2.05) is 30.3 Å². The van der Waals surface area contributed by atoms with Gasteiger partial charge in [-0.05, 0) is 36.4 Å². The van der Waals surface area contributed by atoms with Gasteiger partial charge >= 0.3 is 0 Å². The molecule has 4 rings (SSSR count). The Hall–Kier alpha value is -2.03. The average Bonchev–Trinajstić information content (AvgIpc) is 3.35. The zero-order chi connectivity index (χ0) is 17.3. The molecule has 0 atom stereocenters. The number of piperidine rings is 1. The molecule has 0 aliphatic carbocycles. The maximum Gasteiger partial charge on any atom is 0.257 e. The van der Waals surface area contributed by atoms with Gasteiger partial charge in [-0.15, -0.1) is 11.3 Å². The lowest BCUT2D eigenvalue weighted by molar-refractivity contribution is 0.307. The highest BCUT2D eigenvalue weighted by atomic mass is 32.2. The summed E-state index contributed by atoms with van der Waals surface area (Å²) < 4.78 is 32.4. The topological polar surface area (TPSA) is 76.3 Å². The fraction of sp³-hybridized carbons (Fsp3) is 0.294. The van der Waals surface area contributed by atoms with Gasteiger partial charge in [-0.2, -0.15) is 9.29 Å².